The second kappa shape index (κ2) is 6.36. The van der Waals surface area contributed by atoms with Crippen LogP contribution in [0.3, 0.4) is 0 Å². The molecular formula is C12H15ClN6O. The van der Waals surface area contributed by atoms with Crippen molar-refractivity contribution in [3.63, 3.8) is 0 Å². The molecule has 2 heterocycles. The lowest BCUT2D eigenvalue weighted by Gasteiger charge is -2.15. The molecule has 0 aliphatic heterocycles. The molecule has 7 nitrogen and oxygen atoms in total. The van der Waals surface area contributed by atoms with Crippen molar-refractivity contribution in [3.05, 3.63) is 41.6 Å². The van der Waals surface area contributed by atoms with Crippen molar-refractivity contribution in [1.29, 1.82) is 0 Å². The van der Waals surface area contributed by atoms with Gasteiger partial charge in [0.2, 0.25) is 0 Å². The molecule has 2 rings (SSSR count). The van der Waals surface area contributed by atoms with Gasteiger partial charge in [-0.3, -0.25) is 4.79 Å². The highest BCUT2D eigenvalue weighted by Crippen LogP contribution is 2.16. The van der Waals surface area contributed by atoms with Gasteiger partial charge in [0.1, 0.15) is 11.5 Å². The predicted molar refractivity (Wildman–Crippen MR) is 76.2 cm³/mol. The third-order valence-corrected chi connectivity index (χ3v) is 2.94. The molecule has 1 atom stereocenters. The molecule has 106 valence electrons. The number of nitrogen functional groups attached to an aromatic ring is 1. The third kappa shape index (κ3) is 3.46. The maximum absolute atomic E-state index is 12.1. The van der Waals surface area contributed by atoms with Crippen LogP contribution in [0.4, 0.5) is 5.82 Å². The zero-order valence-electron chi connectivity index (χ0n) is 10.9. The lowest BCUT2D eigenvalue weighted by atomic mass is 10.2. The number of rotatable bonds is 5. The Morgan fingerprint density at radius 3 is 3.00 bits per heavy atom. The van der Waals surface area contributed by atoms with Crippen molar-refractivity contribution in [3.8, 4) is 0 Å². The molecular weight excluding hydrogens is 280 g/mol. The summed E-state index contributed by atoms with van der Waals surface area (Å²) in [4.78, 5) is 20.1. The lowest BCUT2D eigenvalue weighted by Crippen LogP contribution is -2.36. The summed E-state index contributed by atoms with van der Waals surface area (Å²) in [6.45, 7) is 2.50. The first kappa shape index (κ1) is 14.3. The van der Waals surface area contributed by atoms with E-state index in [0.29, 0.717) is 12.4 Å². The van der Waals surface area contributed by atoms with Crippen LogP contribution in [0, 0.1) is 0 Å². The number of aromatic nitrogens is 3. The SMILES string of the molecule is CC(Cn1ccnc1)NC(=O)c1nc(NN)ccc1Cl. The van der Waals surface area contributed by atoms with Gasteiger partial charge in [-0.1, -0.05) is 11.6 Å². The number of pyridine rings is 1. The molecule has 1 unspecified atom stereocenters. The molecule has 0 aliphatic rings. The summed E-state index contributed by atoms with van der Waals surface area (Å²) in [6, 6.07) is 3.07. The molecule has 0 radical (unpaired) electrons. The molecule has 20 heavy (non-hydrogen) atoms. The topological polar surface area (TPSA) is 97.9 Å². The van der Waals surface area contributed by atoms with Crippen LogP contribution in [0.1, 0.15) is 17.4 Å². The summed E-state index contributed by atoms with van der Waals surface area (Å²) >= 11 is 5.97. The molecule has 2 aromatic heterocycles. The monoisotopic (exact) mass is 294 g/mol. The maximum atomic E-state index is 12.1. The van der Waals surface area contributed by atoms with E-state index >= 15 is 0 Å². The Hall–Kier alpha value is -2.12. The van der Waals surface area contributed by atoms with E-state index in [1.54, 1.807) is 24.7 Å². The summed E-state index contributed by atoms with van der Waals surface area (Å²) in [5, 5.41) is 3.10. The number of imidazole rings is 1. The first-order valence-corrected chi connectivity index (χ1v) is 6.37. The standard InChI is InChI=1S/C12H15ClN6O/c1-8(6-19-5-4-15-7-19)16-12(20)11-9(13)2-3-10(17-11)18-14/h2-5,7-8H,6,14H2,1H3,(H,16,20)(H,17,18). The quantitative estimate of drug-likeness (QED) is 0.565. The van der Waals surface area contributed by atoms with Crippen LogP contribution in [-0.2, 0) is 6.54 Å². The first-order chi connectivity index (χ1) is 9.60. The number of carbonyl (C=O) groups is 1. The van der Waals surface area contributed by atoms with Gasteiger partial charge >= 0.3 is 0 Å². The van der Waals surface area contributed by atoms with Crippen LogP contribution >= 0.6 is 11.6 Å². The van der Waals surface area contributed by atoms with Crippen LogP contribution in [0.25, 0.3) is 0 Å². The summed E-state index contributed by atoms with van der Waals surface area (Å²) < 4.78 is 1.87. The fraction of sp³-hybridized carbons (Fsp3) is 0.250. The van der Waals surface area contributed by atoms with Gasteiger partial charge in [-0.25, -0.2) is 15.8 Å². The minimum absolute atomic E-state index is 0.0935. The van der Waals surface area contributed by atoms with Gasteiger partial charge < -0.3 is 15.3 Å². The van der Waals surface area contributed by atoms with Crippen molar-refractivity contribution >= 4 is 23.3 Å². The van der Waals surface area contributed by atoms with E-state index in [0.717, 1.165) is 0 Å². The molecule has 8 heteroatoms. The molecule has 0 saturated heterocycles. The summed E-state index contributed by atoms with van der Waals surface area (Å²) in [5.41, 5.74) is 2.52. The van der Waals surface area contributed by atoms with Crippen molar-refractivity contribution in [2.75, 3.05) is 5.43 Å². The predicted octanol–water partition coefficient (Wildman–Crippen LogP) is 1.04. The Labute approximate surface area is 121 Å². The number of anilines is 1. The van der Waals surface area contributed by atoms with Gasteiger partial charge in [-0.15, -0.1) is 0 Å². The number of carbonyl (C=O) groups excluding carboxylic acids is 1. The van der Waals surface area contributed by atoms with E-state index in [4.69, 9.17) is 17.4 Å². The van der Waals surface area contributed by atoms with Gasteiger partial charge in [0.15, 0.2) is 0 Å². The van der Waals surface area contributed by atoms with E-state index in [-0.39, 0.29) is 22.7 Å². The Morgan fingerprint density at radius 2 is 2.35 bits per heavy atom. The molecule has 0 saturated carbocycles. The van der Waals surface area contributed by atoms with Crippen molar-refractivity contribution in [1.82, 2.24) is 19.9 Å². The number of halogens is 1. The first-order valence-electron chi connectivity index (χ1n) is 6.00. The zero-order chi connectivity index (χ0) is 14.5. The smallest absolute Gasteiger partial charge is 0.271 e. The van der Waals surface area contributed by atoms with E-state index in [9.17, 15) is 4.79 Å². The Kier molecular flexibility index (Phi) is 4.54. The van der Waals surface area contributed by atoms with Gasteiger partial charge in [0, 0.05) is 25.0 Å². The van der Waals surface area contributed by atoms with Crippen LogP contribution in [0.5, 0.6) is 0 Å². The molecule has 0 spiro atoms. The van der Waals surface area contributed by atoms with Crippen LogP contribution in [-0.4, -0.2) is 26.5 Å². The van der Waals surface area contributed by atoms with Crippen LogP contribution < -0.4 is 16.6 Å². The molecule has 0 fully saturated rings. The van der Waals surface area contributed by atoms with Gasteiger partial charge in [-0.2, -0.15) is 0 Å². The molecule has 0 aromatic carbocycles. The van der Waals surface area contributed by atoms with Gasteiger partial charge in [0.25, 0.3) is 5.91 Å². The summed E-state index contributed by atoms with van der Waals surface area (Å²) in [5.74, 6) is 5.29. The second-order valence-electron chi connectivity index (χ2n) is 4.31. The van der Waals surface area contributed by atoms with E-state index in [1.165, 1.54) is 0 Å². The molecule has 1 amide bonds. The van der Waals surface area contributed by atoms with E-state index < -0.39 is 0 Å². The van der Waals surface area contributed by atoms with Crippen molar-refractivity contribution in [2.45, 2.75) is 19.5 Å². The molecule has 0 bridgehead atoms. The molecule has 0 aliphatic carbocycles. The largest absolute Gasteiger partial charge is 0.346 e. The van der Waals surface area contributed by atoms with Crippen molar-refractivity contribution in [2.24, 2.45) is 5.84 Å². The highest BCUT2D eigenvalue weighted by molar-refractivity contribution is 6.33. The normalized spacial score (nSPS) is 11.9. The third-order valence-electron chi connectivity index (χ3n) is 2.63. The fourth-order valence-electron chi connectivity index (χ4n) is 1.73. The Bertz CT molecular complexity index is 586. The lowest BCUT2D eigenvalue weighted by molar-refractivity contribution is 0.0932. The highest BCUT2D eigenvalue weighted by atomic mass is 35.5. The number of hydrogen-bond donors (Lipinski definition) is 3. The van der Waals surface area contributed by atoms with E-state index in [2.05, 4.69) is 20.7 Å². The number of amides is 1. The van der Waals surface area contributed by atoms with Gasteiger partial charge in [-0.05, 0) is 19.1 Å². The average molecular weight is 295 g/mol. The maximum Gasteiger partial charge on any atom is 0.271 e. The number of hydrazine groups is 1. The van der Waals surface area contributed by atoms with Crippen LogP contribution in [0.15, 0.2) is 30.9 Å². The fourth-order valence-corrected chi connectivity index (χ4v) is 1.92. The minimum atomic E-state index is -0.347. The Morgan fingerprint density at radius 1 is 1.55 bits per heavy atom. The number of hydrogen-bond acceptors (Lipinski definition) is 5. The highest BCUT2D eigenvalue weighted by Gasteiger charge is 2.15. The van der Waals surface area contributed by atoms with Crippen molar-refractivity contribution < 1.29 is 4.79 Å². The summed E-state index contributed by atoms with van der Waals surface area (Å²) in [7, 11) is 0. The number of nitrogens with two attached hydrogens (primary N) is 1. The molecule has 4 N–H and O–H groups in total. The Balaban J connectivity index is 2.04. The summed E-state index contributed by atoms with van der Waals surface area (Å²) in [6.07, 6.45) is 5.20. The zero-order valence-corrected chi connectivity index (χ0v) is 11.6. The molecule has 2 aromatic rings. The average Bonchev–Trinajstić information content (AvgIpc) is 2.91. The van der Waals surface area contributed by atoms with E-state index in [1.807, 2.05) is 17.7 Å². The minimum Gasteiger partial charge on any atom is -0.346 e. The van der Waals surface area contributed by atoms with Gasteiger partial charge in [0.05, 0.1) is 11.3 Å². The van der Waals surface area contributed by atoms with Crippen LogP contribution in [0.2, 0.25) is 5.02 Å². The second-order valence-corrected chi connectivity index (χ2v) is 4.71. The number of nitrogens with zero attached hydrogens (tertiary/aromatic N) is 3. The number of nitrogens with one attached hydrogen (secondary N) is 2.